The van der Waals surface area contributed by atoms with E-state index in [0.29, 0.717) is 33.4 Å². The van der Waals surface area contributed by atoms with Gasteiger partial charge in [0.25, 0.3) is 22.1 Å². The number of carboxylic acids is 3. The number of carboxylic acid groups (broad SMARTS) is 3. The maximum atomic E-state index is 14.9. The van der Waals surface area contributed by atoms with Gasteiger partial charge in [0, 0.05) is 72.0 Å². The van der Waals surface area contributed by atoms with E-state index in [1.807, 2.05) is 18.2 Å². The molecule has 0 aliphatic carbocycles. The molecule has 9 rings (SSSR count). The minimum absolute atomic E-state index is 0.133. The second-order valence-corrected chi connectivity index (χ2v) is 27.2. The summed E-state index contributed by atoms with van der Waals surface area (Å²) in [4.78, 5) is 43.3. The lowest BCUT2D eigenvalue weighted by atomic mass is 10.1. The van der Waals surface area contributed by atoms with Crippen LogP contribution in [0, 0.1) is 72.2 Å². The Hall–Kier alpha value is -8.73. The van der Waals surface area contributed by atoms with Gasteiger partial charge >= 0.3 is 17.9 Å². The lowest BCUT2D eigenvalue weighted by Gasteiger charge is -2.19. The molecule has 27 heteroatoms. The first kappa shape index (κ1) is 65.8. The Morgan fingerprint density at radius 2 is 0.701 bits per heavy atom. The highest BCUT2D eigenvalue weighted by Gasteiger charge is 2.41. The molecule has 0 saturated heterocycles. The molecular weight excluding hydrogens is 1250 g/mol. The Labute approximate surface area is 508 Å². The standard InChI is InChI=1S/3C20H15ClFN2O4P/c3*1-11-8-12(4-3-7-23)10-13(9-11)29(27,28-2)19-16-15(24-18(19)20(25)26)6-5-14(21)17(16)22/h3*3-6,8-10,24H,1-2H3,(H,25,26)/b3*4-3+. The third-order valence-corrected chi connectivity index (χ3v) is 21.4. The van der Waals surface area contributed by atoms with E-state index in [0.717, 1.165) is 0 Å². The van der Waals surface area contributed by atoms with Crippen LogP contribution in [-0.2, 0) is 27.3 Å². The fourth-order valence-corrected chi connectivity index (χ4v) is 16.9. The fourth-order valence-electron chi connectivity index (χ4n) is 9.52. The van der Waals surface area contributed by atoms with Crippen LogP contribution in [0.4, 0.5) is 13.2 Å². The molecule has 0 aliphatic heterocycles. The molecule has 0 spiro atoms. The van der Waals surface area contributed by atoms with E-state index in [1.54, 1.807) is 57.2 Å². The first-order chi connectivity index (χ1) is 41.2. The van der Waals surface area contributed by atoms with Crippen LogP contribution in [0.3, 0.4) is 0 Å². The monoisotopic (exact) mass is 1300 g/mol. The van der Waals surface area contributed by atoms with Crippen molar-refractivity contribution in [2.24, 2.45) is 0 Å². The van der Waals surface area contributed by atoms with E-state index in [-0.39, 0.29) is 79.6 Å². The molecule has 444 valence electrons. The Morgan fingerprint density at radius 1 is 0.460 bits per heavy atom. The fraction of sp³-hybridized carbons (Fsp3) is 0.100. The summed E-state index contributed by atoms with van der Waals surface area (Å²) in [6.07, 6.45) is 8.31. The van der Waals surface area contributed by atoms with Crippen LogP contribution >= 0.6 is 56.9 Å². The van der Waals surface area contributed by atoms with E-state index in [1.165, 1.54) is 112 Å². The van der Waals surface area contributed by atoms with Gasteiger partial charge in [-0.05, 0) is 145 Å². The lowest BCUT2D eigenvalue weighted by molar-refractivity contribution is 0.0682. The van der Waals surface area contributed by atoms with Crippen LogP contribution in [0.15, 0.2) is 109 Å². The predicted molar refractivity (Wildman–Crippen MR) is 330 cm³/mol. The van der Waals surface area contributed by atoms with Gasteiger partial charge in [0.1, 0.15) is 17.1 Å². The largest absolute Gasteiger partial charge is 0.477 e. The van der Waals surface area contributed by atoms with Gasteiger partial charge in [0.15, 0.2) is 17.5 Å². The molecule has 3 aromatic heterocycles. The second kappa shape index (κ2) is 26.9. The summed E-state index contributed by atoms with van der Waals surface area (Å²) in [6, 6.07) is 28.2. The van der Waals surface area contributed by atoms with Gasteiger partial charge in [0.05, 0.1) is 65.3 Å². The number of aromatic nitrogens is 3. The van der Waals surface area contributed by atoms with Crippen molar-refractivity contribution in [3.05, 3.63) is 192 Å². The first-order valence-corrected chi connectivity index (χ1v) is 30.9. The Balaban J connectivity index is 0.000000186. The molecule has 3 heterocycles. The number of fused-ring (bicyclic) bond motifs is 3. The van der Waals surface area contributed by atoms with Gasteiger partial charge in [-0.1, -0.05) is 53.0 Å². The molecule has 0 amide bonds. The molecule has 3 atom stereocenters. The Kier molecular flexibility index (Phi) is 20.3. The third kappa shape index (κ3) is 13.0. The van der Waals surface area contributed by atoms with Gasteiger partial charge in [-0.2, -0.15) is 15.8 Å². The van der Waals surface area contributed by atoms with Gasteiger partial charge in [-0.15, -0.1) is 0 Å². The van der Waals surface area contributed by atoms with Crippen LogP contribution in [0.1, 0.15) is 64.8 Å². The number of nitriles is 3. The van der Waals surface area contributed by atoms with Crippen LogP contribution in [0.5, 0.6) is 0 Å². The number of hydrogen-bond acceptors (Lipinski definition) is 12. The number of nitrogens with one attached hydrogen (secondary N) is 3. The number of aromatic amines is 3. The van der Waals surface area contributed by atoms with Gasteiger partial charge in [-0.25, -0.2) is 27.6 Å². The highest BCUT2D eigenvalue weighted by Crippen LogP contribution is 2.51. The van der Waals surface area contributed by atoms with Crippen molar-refractivity contribution >= 4 is 158 Å². The normalized spacial score (nSPS) is 13.5. The number of rotatable bonds is 15. The number of carbonyl (C=O) groups is 3. The van der Waals surface area contributed by atoms with Gasteiger partial charge in [0.2, 0.25) is 0 Å². The molecule has 0 saturated carbocycles. The number of allylic oxidation sites excluding steroid dienone is 3. The van der Waals surface area contributed by atoms with Crippen LogP contribution < -0.4 is 31.8 Å². The Bertz CT molecular complexity index is 4240. The molecule has 18 nitrogen and oxygen atoms in total. The average Bonchev–Trinajstić information content (AvgIpc) is 1.67. The smallest absolute Gasteiger partial charge is 0.353 e. The second-order valence-electron chi connectivity index (χ2n) is 18.7. The zero-order valence-corrected chi connectivity index (χ0v) is 51.0. The molecule has 0 bridgehead atoms. The first-order valence-electron chi connectivity index (χ1n) is 24.9. The van der Waals surface area contributed by atoms with Crippen molar-refractivity contribution in [2.75, 3.05) is 21.3 Å². The third-order valence-electron chi connectivity index (χ3n) is 13.1. The highest BCUT2D eigenvalue weighted by molar-refractivity contribution is 7.75. The van der Waals surface area contributed by atoms with E-state index < -0.39 is 74.5 Å². The van der Waals surface area contributed by atoms with Crippen molar-refractivity contribution in [3.63, 3.8) is 0 Å². The maximum Gasteiger partial charge on any atom is 0.353 e. The van der Waals surface area contributed by atoms with E-state index in [2.05, 4.69) is 15.0 Å². The Morgan fingerprint density at radius 3 is 0.908 bits per heavy atom. The molecular formula is C60H45Cl3F3N6O12P3. The molecule has 0 radical (unpaired) electrons. The topological polar surface area (TPSA) is 310 Å². The molecule has 6 aromatic carbocycles. The number of benzene rings is 6. The summed E-state index contributed by atoms with van der Waals surface area (Å²) in [6.45, 7) is 5.24. The van der Waals surface area contributed by atoms with Gasteiger partial charge < -0.3 is 43.8 Å². The van der Waals surface area contributed by atoms with E-state index in [4.69, 9.17) is 64.2 Å². The SMILES string of the molecule is COP(=O)(c1cc(C)cc(/C=C/C#N)c1)c1c(C(=O)O)[nH]c2ccc(Cl)c(F)c12.COP(=O)(c1cc(C)cc(/C=C/C#N)c1)c1c(C(=O)O)[nH]c2ccc(Cl)c(F)c12.COP(=O)(c1cc(C)cc(/C=C/C#N)c1)c1c(C(=O)O)[nH]c2ccc(Cl)c(F)c12. The van der Waals surface area contributed by atoms with Crippen LogP contribution in [-0.4, -0.2) is 69.5 Å². The summed E-state index contributed by atoms with van der Waals surface area (Å²) in [7, 11) is -8.66. The average molecular weight is 1300 g/mol. The zero-order valence-electron chi connectivity index (χ0n) is 46.1. The molecule has 3 unspecified atom stereocenters. The molecule has 87 heavy (non-hydrogen) atoms. The van der Waals surface area contributed by atoms with Crippen molar-refractivity contribution in [3.8, 4) is 18.2 Å². The molecule has 0 fully saturated rings. The maximum absolute atomic E-state index is 14.9. The number of aromatic carboxylic acids is 3. The van der Waals surface area contributed by atoms with Crippen LogP contribution in [0.25, 0.3) is 50.9 Å². The van der Waals surface area contributed by atoms with Crippen molar-refractivity contribution in [2.45, 2.75) is 20.8 Å². The predicted octanol–water partition coefficient (Wildman–Crippen LogP) is 13.1. The minimum atomic E-state index is -4.05. The number of nitrogens with zero attached hydrogens (tertiary/aromatic N) is 3. The number of H-pyrrole nitrogens is 3. The highest BCUT2D eigenvalue weighted by atomic mass is 35.5. The van der Waals surface area contributed by atoms with Crippen LogP contribution in [0.2, 0.25) is 15.1 Å². The van der Waals surface area contributed by atoms with Crippen molar-refractivity contribution in [1.82, 2.24) is 15.0 Å². The number of aryl methyl sites for hydroxylation is 3. The lowest BCUT2D eigenvalue weighted by Crippen LogP contribution is -2.23. The molecule has 6 N–H and O–H groups in total. The summed E-state index contributed by atoms with van der Waals surface area (Å²) in [5, 5.41) is 53.5. The zero-order chi connectivity index (χ0) is 64.0. The quantitative estimate of drug-likeness (QED) is 0.0410. The number of halogens is 6. The summed E-state index contributed by atoms with van der Waals surface area (Å²) >= 11 is 17.7. The minimum Gasteiger partial charge on any atom is -0.477 e. The van der Waals surface area contributed by atoms with E-state index >= 15 is 0 Å². The van der Waals surface area contributed by atoms with E-state index in [9.17, 15) is 56.6 Å². The summed E-state index contributed by atoms with van der Waals surface area (Å²) in [5.41, 5.74) is 2.87. The van der Waals surface area contributed by atoms with Crippen molar-refractivity contribution < 1.29 is 70.1 Å². The van der Waals surface area contributed by atoms with Crippen molar-refractivity contribution in [1.29, 1.82) is 15.8 Å². The van der Waals surface area contributed by atoms with Gasteiger partial charge in [-0.3, -0.25) is 13.7 Å². The molecule has 0 aliphatic rings. The summed E-state index contributed by atoms with van der Waals surface area (Å²) in [5.74, 6) is -6.92. The summed E-state index contributed by atoms with van der Waals surface area (Å²) < 4.78 is 103. The number of hydrogen-bond donors (Lipinski definition) is 6. The molecule has 9 aromatic rings.